The molecule has 1 aromatic heterocycles. The molecule has 0 aliphatic heterocycles. The summed E-state index contributed by atoms with van der Waals surface area (Å²) in [7, 11) is 0. The summed E-state index contributed by atoms with van der Waals surface area (Å²) in [5.74, 6) is 1.48. The molecule has 2 rings (SSSR count). The Hall–Kier alpha value is -1.16. The smallest absolute Gasteiger partial charge is 0.137 e. The van der Waals surface area contributed by atoms with Crippen molar-refractivity contribution in [3.05, 3.63) is 24.3 Å². The highest BCUT2D eigenvalue weighted by Gasteiger charge is 2.22. The molecule has 1 aromatic rings. The van der Waals surface area contributed by atoms with Crippen LogP contribution in [0.4, 0.5) is 0 Å². The average Bonchev–Trinajstić information content (AvgIpc) is 2.81. The Balaban J connectivity index is 1.80. The molecule has 0 unspecified atom stereocenters. The zero-order valence-electron chi connectivity index (χ0n) is 11.6. The van der Waals surface area contributed by atoms with Crippen LogP contribution in [-0.4, -0.2) is 27.4 Å². The van der Waals surface area contributed by atoms with Crippen molar-refractivity contribution in [1.82, 2.24) is 20.1 Å². The molecule has 3 atom stereocenters. The molecule has 1 aliphatic carbocycles. The molecule has 4 heteroatoms. The Morgan fingerprint density at radius 3 is 3.06 bits per heavy atom. The Morgan fingerprint density at radius 1 is 1.56 bits per heavy atom. The summed E-state index contributed by atoms with van der Waals surface area (Å²) < 4.78 is 1.88. The summed E-state index contributed by atoms with van der Waals surface area (Å²) >= 11 is 0. The van der Waals surface area contributed by atoms with Gasteiger partial charge in [0.1, 0.15) is 12.7 Å². The predicted molar refractivity (Wildman–Crippen MR) is 73.1 cm³/mol. The lowest BCUT2D eigenvalue weighted by Crippen LogP contribution is -2.37. The first-order valence-electron chi connectivity index (χ1n) is 6.89. The van der Waals surface area contributed by atoms with Gasteiger partial charge < -0.3 is 5.32 Å². The van der Waals surface area contributed by atoms with E-state index in [1.54, 1.807) is 18.2 Å². The molecule has 100 valence electrons. The minimum absolute atomic E-state index is 0.425. The second-order valence-corrected chi connectivity index (χ2v) is 5.54. The van der Waals surface area contributed by atoms with E-state index in [0.717, 1.165) is 19.0 Å². The molecular weight excluding hydrogens is 224 g/mol. The van der Waals surface area contributed by atoms with E-state index in [0.29, 0.717) is 12.0 Å². The fraction of sp³-hybridized carbons (Fsp3) is 0.714. The van der Waals surface area contributed by atoms with Crippen molar-refractivity contribution in [3.8, 4) is 0 Å². The Labute approximate surface area is 109 Å². The molecule has 0 amide bonds. The lowest BCUT2D eigenvalue weighted by atomic mass is 9.80. The summed E-state index contributed by atoms with van der Waals surface area (Å²) in [6.45, 7) is 8.78. The summed E-state index contributed by atoms with van der Waals surface area (Å²) in [6.07, 6.45) is 8.32. The maximum atomic E-state index is 4.14. The van der Waals surface area contributed by atoms with Crippen LogP contribution in [0.25, 0.3) is 0 Å². The van der Waals surface area contributed by atoms with Crippen molar-refractivity contribution in [2.24, 2.45) is 11.8 Å². The van der Waals surface area contributed by atoms with Crippen molar-refractivity contribution < 1.29 is 0 Å². The number of rotatable bonds is 5. The first kappa shape index (κ1) is 13.3. The van der Waals surface area contributed by atoms with Crippen LogP contribution in [0.15, 0.2) is 24.3 Å². The minimum atomic E-state index is 0.425. The quantitative estimate of drug-likeness (QED) is 0.813. The summed E-state index contributed by atoms with van der Waals surface area (Å²) in [6, 6.07) is 0.425. The fourth-order valence-electron chi connectivity index (χ4n) is 2.74. The highest BCUT2D eigenvalue weighted by atomic mass is 15.3. The number of nitrogens with one attached hydrogen (secondary N) is 1. The first-order valence-corrected chi connectivity index (χ1v) is 6.89. The average molecular weight is 248 g/mol. The summed E-state index contributed by atoms with van der Waals surface area (Å²) in [5, 5.41) is 7.76. The number of aromatic nitrogens is 3. The maximum absolute atomic E-state index is 4.14. The second-order valence-electron chi connectivity index (χ2n) is 5.54. The molecule has 1 N–H and O–H groups in total. The van der Waals surface area contributed by atoms with E-state index in [9.17, 15) is 0 Å². The molecule has 1 aliphatic rings. The SMILES string of the molecule is CC1=CCC[C@H](C)[C@@H]1CN[C@H](C)Cn1cncn1. The molecule has 0 spiro atoms. The zero-order chi connectivity index (χ0) is 13.0. The van der Waals surface area contributed by atoms with Crippen LogP contribution in [0.5, 0.6) is 0 Å². The summed E-state index contributed by atoms with van der Waals surface area (Å²) in [4.78, 5) is 3.96. The molecule has 0 aromatic carbocycles. The Kier molecular flexibility index (Phi) is 4.53. The number of nitrogens with zero attached hydrogens (tertiary/aromatic N) is 3. The van der Waals surface area contributed by atoms with Gasteiger partial charge in [0.05, 0.1) is 6.54 Å². The van der Waals surface area contributed by atoms with E-state index < -0.39 is 0 Å². The molecule has 1 heterocycles. The maximum Gasteiger partial charge on any atom is 0.137 e. The summed E-state index contributed by atoms with van der Waals surface area (Å²) in [5.41, 5.74) is 1.55. The van der Waals surface area contributed by atoms with Crippen LogP contribution in [0.2, 0.25) is 0 Å². The Morgan fingerprint density at radius 2 is 2.39 bits per heavy atom. The lowest BCUT2D eigenvalue weighted by Gasteiger charge is -2.30. The van der Waals surface area contributed by atoms with Gasteiger partial charge in [-0.1, -0.05) is 18.6 Å². The van der Waals surface area contributed by atoms with Gasteiger partial charge in [0.15, 0.2) is 0 Å². The molecule has 0 saturated heterocycles. The number of hydrogen-bond donors (Lipinski definition) is 1. The van der Waals surface area contributed by atoms with Gasteiger partial charge in [0.2, 0.25) is 0 Å². The van der Waals surface area contributed by atoms with Crippen LogP contribution in [0.1, 0.15) is 33.6 Å². The molecule has 0 saturated carbocycles. The molecule has 0 bridgehead atoms. The van der Waals surface area contributed by atoms with Crippen LogP contribution < -0.4 is 5.32 Å². The highest BCUT2D eigenvalue weighted by Crippen LogP contribution is 2.29. The monoisotopic (exact) mass is 248 g/mol. The number of allylic oxidation sites excluding steroid dienone is 1. The van der Waals surface area contributed by atoms with Crippen LogP contribution in [-0.2, 0) is 6.54 Å². The number of hydrogen-bond acceptors (Lipinski definition) is 3. The topological polar surface area (TPSA) is 42.7 Å². The second kappa shape index (κ2) is 6.14. The zero-order valence-corrected chi connectivity index (χ0v) is 11.6. The van der Waals surface area contributed by atoms with Crippen molar-refractivity contribution in [2.75, 3.05) is 6.54 Å². The van der Waals surface area contributed by atoms with Gasteiger partial charge in [-0.3, -0.25) is 4.68 Å². The van der Waals surface area contributed by atoms with E-state index in [-0.39, 0.29) is 0 Å². The van der Waals surface area contributed by atoms with Crippen molar-refractivity contribution >= 4 is 0 Å². The third-order valence-electron chi connectivity index (χ3n) is 3.97. The molecular formula is C14H24N4. The standard InChI is InChI=1S/C14H24N4/c1-11-5-4-6-12(2)14(11)7-16-13(3)8-18-10-15-9-17-18/h5,9-10,12-14,16H,4,6-8H2,1-3H3/t12-,13+,14+/m0/s1. The van der Waals surface area contributed by atoms with Gasteiger partial charge in [-0.05, 0) is 38.5 Å². The van der Waals surface area contributed by atoms with Crippen LogP contribution in [0.3, 0.4) is 0 Å². The molecule has 0 fully saturated rings. The van der Waals surface area contributed by atoms with Crippen LogP contribution in [0, 0.1) is 11.8 Å². The normalized spacial score (nSPS) is 25.8. The van der Waals surface area contributed by atoms with Gasteiger partial charge in [0, 0.05) is 12.6 Å². The molecule has 0 radical (unpaired) electrons. The first-order chi connectivity index (χ1) is 8.66. The highest BCUT2D eigenvalue weighted by molar-refractivity contribution is 5.09. The van der Waals surface area contributed by atoms with Crippen LogP contribution >= 0.6 is 0 Å². The van der Waals surface area contributed by atoms with Gasteiger partial charge in [0.25, 0.3) is 0 Å². The third kappa shape index (κ3) is 3.42. The van der Waals surface area contributed by atoms with Gasteiger partial charge in [-0.25, -0.2) is 4.98 Å². The van der Waals surface area contributed by atoms with E-state index >= 15 is 0 Å². The Bertz CT molecular complexity index is 383. The van der Waals surface area contributed by atoms with E-state index in [4.69, 9.17) is 0 Å². The van der Waals surface area contributed by atoms with Crippen molar-refractivity contribution in [1.29, 1.82) is 0 Å². The van der Waals surface area contributed by atoms with Crippen molar-refractivity contribution in [3.63, 3.8) is 0 Å². The van der Waals surface area contributed by atoms with E-state index in [1.807, 2.05) is 4.68 Å². The van der Waals surface area contributed by atoms with E-state index in [2.05, 4.69) is 42.2 Å². The molecule has 18 heavy (non-hydrogen) atoms. The lowest BCUT2D eigenvalue weighted by molar-refractivity contribution is 0.327. The largest absolute Gasteiger partial charge is 0.312 e. The van der Waals surface area contributed by atoms with E-state index in [1.165, 1.54) is 12.8 Å². The van der Waals surface area contributed by atoms with Crippen molar-refractivity contribution in [2.45, 2.75) is 46.2 Å². The third-order valence-corrected chi connectivity index (χ3v) is 3.97. The van der Waals surface area contributed by atoms with Gasteiger partial charge >= 0.3 is 0 Å². The fourth-order valence-corrected chi connectivity index (χ4v) is 2.74. The predicted octanol–water partition coefficient (Wildman–Crippen LogP) is 2.25. The van der Waals surface area contributed by atoms with Gasteiger partial charge in [-0.15, -0.1) is 0 Å². The van der Waals surface area contributed by atoms with Gasteiger partial charge in [-0.2, -0.15) is 5.10 Å². The molecule has 4 nitrogen and oxygen atoms in total. The minimum Gasteiger partial charge on any atom is -0.312 e.